The van der Waals surface area contributed by atoms with Crippen molar-refractivity contribution in [3.8, 4) is 5.75 Å². The van der Waals surface area contributed by atoms with Crippen LogP contribution in [-0.2, 0) is 0 Å². The van der Waals surface area contributed by atoms with E-state index in [0.717, 1.165) is 23.4 Å². The number of anilines is 4. The summed E-state index contributed by atoms with van der Waals surface area (Å²) in [5.41, 5.74) is -0.0353. The first-order valence-corrected chi connectivity index (χ1v) is 11.4. The number of aromatic hydroxyl groups is 1. The summed E-state index contributed by atoms with van der Waals surface area (Å²) in [6, 6.07) is 10.1. The number of hydrogen-bond donors (Lipinski definition) is 4. The lowest BCUT2D eigenvalue weighted by Gasteiger charge is -2.21. The lowest BCUT2D eigenvalue weighted by molar-refractivity contribution is 0.452. The van der Waals surface area contributed by atoms with Crippen molar-refractivity contribution < 1.29 is 9.52 Å². The van der Waals surface area contributed by atoms with Gasteiger partial charge in [-0.3, -0.25) is 14.6 Å². The number of aryl methyl sites for hydroxylation is 1. The molecule has 0 bridgehead atoms. The molecular weight excluding hydrogens is 464 g/mol. The molecule has 2 aromatic heterocycles. The summed E-state index contributed by atoms with van der Waals surface area (Å²) >= 11 is 7.39. The second kappa shape index (κ2) is 9.60. The second-order valence-corrected chi connectivity index (χ2v) is 8.52. The van der Waals surface area contributed by atoms with Crippen molar-refractivity contribution in [2.45, 2.75) is 31.2 Å². The quantitative estimate of drug-likeness (QED) is 0.141. The molecule has 0 aliphatic rings. The van der Waals surface area contributed by atoms with Crippen molar-refractivity contribution in [3.63, 3.8) is 0 Å². The minimum Gasteiger partial charge on any atom is -0.505 e. The molecule has 8 nitrogen and oxygen atoms in total. The number of pyridine rings is 1. The molecule has 0 spiro atoms. The van der Waals surface area contributed by atoms with E-state index in [1.807, 2.05) is 26.0 Å². The average Bonchev–Trinajstić information content (AvgIpc) is 3.26. The highest BCUT2D eigenvalue weighted by Gasteiger charge is 2.26. The fourth-order valence-electron chi connectivity index (χ4n) is 3.25. The van der Waals surface area contributed by atoms with Gasteiger partial charge in [0.15, 0.2) is 5.75 Å². The number of halogens is 1. The molecule has 4 aromatic rings. The number of rotatable bonds is 9. The van der Waals surface area contributed by atoms with Gasteiger partial charge in [-0.15, -0.1) is 0 Å². The standard InChI is InChI=1S/C23H21ClN4O4S/c1-3-15(17-7-4-12(2)32-17)26-18-19(22(31)21(18)30)27-16-6-5-14(24)23(20(16)29)33-28-13-8-10-25-11-9-13/h4-11,15,26-27,29H,3H2,1-2H3,(H,25,28)/t15-/m1/s1. The van der Waals surface area contributed by atoms with E-state index in [4.69, 9.17) is 16.0 Å². The molecule has 2 aromatic carbocycles. The first-order valence-electron chi connectivity index (χ1n) is 10.2. The van der Waals surface area contributed by atoms with Gasteiger partial charge in [0, 0.05) is 18.1 Å². The first kappa shape index (κ1) is 22.8. The summed E-state index contributed by atoms with van der Waals surface area (Å²) in [6.45, 7) is 3.78. The summed E-state index contributed by atoms with van der Waals surface area (Å²) in [6.07, 6.45) is 3.91. The zero-order valence-corrected chi connectivity index (χ0v) is 19.4. The normalized spacial score (nSPS) is 12.0. The van der Waals surface area contributed by atoms with Crippen LogP contribution in [0.3, 0.4) is 0 Å². The predicted molar refractivity (Wildman–Crippen MR) is 132 cm³/mol. The molecule has 4 N–H and O–H groups in total. The highest BCUT2D eigenvalue weighted by Crippen LogP contribution is 2.42. The van der Waals surface area contributed by atoms with E-state index in [-0.39, 0.29) is 28.9 Å². The van der Waals surface area contributed by atoms with Crippen LogP contribution in [0.1, 0.15) is 30.9 Å². The van der Waals surface area contributed by atoms with Crippen LogP contribution >= 0.6 is 23.5 Å². The lowest BCUT2D eigenvalue weighted by Crippen LogP contribution is -2.37. The molecule has 2 heterocycles. The maximum Gasteiger partial charge on any atom is 0.253 e. The molecule has 0 aliphatic heterocycles. The maximum absolute atomic E-state index is 12.3. The molecule has 0 radical (unpaired) electrons. The van der Waals surface area contributed by atoms with Crippen LogP contribution in [0.25, 0.3) is 0 Å². The van der Waals surface area contributed by atoms with Gasteiger partial charge in [0.05, 0.1) is 21.6 Å². The summed E-state index contributed by atoms with van der Waals surface area (Å²) in [4.78, 5) is 28.9. The third-order valence-corrected chi connectivity index (χ3v) is 6.42. The summed E-state index contributed by atoms with van der Waals surface area (Å²) in [7, 11) is 0. The van der Waals surface area contributed by atoms with Gasteiger partial charge in [0.2, 0.25) is 0 Å². The molecule has 170 valence electrons. The van der Waals surface area contributed by atoms with E-state index in [2.05, 4.69) is 20.3 Å². The molecule has 0 unspecified atom stereocenters. The van der Waals surface area contributed by atoms with Crippen molar-refractivity contribution in [2.24, 2.45) is 0 Å². The molecule has 0 aliphatic carbocycles. The van der Waals surface area contributed by atoms with E-state index >= 15 is 0 Å². The number of nitrogens with zero attached hydrogens (tertiary/aromatic N) is 1. The van der Waals surface area contributed by atoms with E-state index in [1.165, 1.54) is 0 Å². The zero-order chi connectivity index (χ0) is 23.5. The maximum atomic E-state index is 12.3. The minimum atomic E-state index is -0.665. The van der Waals surface area contributed by atoms with Gasteiger partial charge in [0.25, 0.3) is 10.9 Å². The predicted octanol–water partition coefficient (Wildman–Crippen LogP) is 5.36. The number of nitrogens with one attached hydrogen (secondary N) is 3. The van der Waals surface area contributed by atoms with Crippen LogP contribution in [0, 0.1) is 6.92 Å². The van der Waals surface area contributed by atoms with E-state index in [9.17, 15) is 14.7 Å². The van der Waals surface area contributed by atoms with Crippen molar-refractivity contribution in [1.82, 2.24) is 4.98 Å². The summed E-state index contributed by atoms with van der Waals surface area (Å²) < 4.78 is 8.74. The van der Waals surface area contributed by atoms with Crippen molar-refractivity contribution in [3.05, 3.63) is 85.8 Å². The largest absolute Gasteiger partial charge is 0.505 e. The van der Waals surface area contributed by atoms with E-state index < -0.39 is 10.9 Å². The van der Waals surface area contributed by atoms with Gasteiger partial charge in [0.1, 0.15) is 22.9 Å². The molecular formula is C23H21ClN4O4S. The molecule has 10 heteroatoms. The molecule has 4 rings (SSSR count). The zero-order valence-electron chi connectivity index (χ0n) is 17.8. The molecule has 33 heavy (non-hydrogen) atoms. The number of phenols is 1. The van der Waals surface area contributed by atoms with E-state index in [1.54, 1.807) is 36.7 Å². The Labute approximate surface area is 198 Å². The molecule has 1 atom stereocenters. The number of benzene rings is 1. The van der Waals surface area contributed by atoms with Gasteiger partial charge in [-0.1, -0.05) is 18.5 Å². The Hall–Kier alpha value is -3.43. The van der Waals surface area contributed by atoms with Crippen LogP contribution in [-0.4, -0.2) is 10.1 Å². The van der Waals surface area contributed by atoms with Gasteiger partial charge in [-0.05, 0) is 61.7 Å². The smallest absolute Gasteiger partial charge is 0.253 e. The minimum absolute atomic E-state index is 0.0809. The number of furan rings is 1. The van der Waals surface area contributed by atoms with Gasteiger partial charge in [-0.2, -0.15) is 0 Å². The molecule has 0 saturated heterocycles. The molecule has 0 fully saturated rings. The third kappa shape index (κ3) is 4.69. The van der Waals surface area contributed by atoms with E-state index in [0.29, 0.717) is 22.1 Å². The SMILES string of the molecule is CC[C@@H](Nc1c(Nc2ccc(Cl)c(SNc3ccncc3)c2O)c(=O)c1=O)c1ccc(C)o1. The molecule has 0 saturated carbocycles. The van der Waals surface area contributed by atoms with Crippen LogP contribution in [0.5, 0.6) is 5.75 Å². The Morgan fingerprint density at radius 3 is 2.48 bits per heavy atom. The van der Waals surface area contributed by atoms with Crippen LogP contribution in [0.2, 0.25) is 5.02 Å². The Kier molecular flexibility index (Phi) is 6.62. The monoisotopic (exact) mass is 484 g/mol. The lowest BCUT2D eigenvalue weighted by atomic mass is 10.1. The van der Waals surface area contributed by atoms with Crippen LogP contribution in [0.15, 0.2) is 67.7 Å². The van der Waals surface area contributed by atoms with Crippen molar-refractivity contribution in [1.29, 1.82) is 0 Å². The Morgan fingerprint density at radius 1 is 1.09 bits per heavy atom. The highest BCUT2D eigenvalue weighted by atomic mass is 35.5. The van der Waals surface area contributed by atoms with Crippen molar-refractivity contribution in [2.75, 3.05) is 15.4 Å². The fourth-order valence-corrected chi connectivity index (χ4v) is 4.24. The van der Waals surface area contributed by atoms with Crippen molar-refractivity contribution >= 4 is 46.3 Å². The van der Waals surface area contributed by atoms with Crippen LogP contribution in [0.4, 0.5) is 22.7 Å². The Morgan fingerprint density at radius 2 is 1.82 bits per heavy atom. The Balaban J connectivity index is 1.57. The first-order chi connectivity index (χ1) is 15.9. The Bertz CT molecular complexity index is 1350. The number of phenolic OH excluding ortho intramolecular Hbond substituents is 1. The number of hydrogen-bond acceptors (Lipinski definition) is 9. The number of aromatic nitrogens is 1. The third-order valence-electron chi connectivity index (χ3n) is 5.04. The topological polar surface area (TPSA) is 116 Å². The summed E-state index contributed by atoms with van der Waals surface area (Å²) in [5, 5.41) is 17.1. The van der Waals surface area contributed by atoms with Crippen LogP contribution < -0.4 is 26.2 Å². The van der Waals surface area contributed by atoms with Gasteiger partial charge < -0.3 is 24.9 Å². The average molecular weight is 485 g/mol. The van der Waals surface area contributed by atoms with Gasteiger partial charge >= 0.3 is 0 Å². The second-order valence-electron chi connectivity index (χ2n) is 7.30. The molecule has 0 amide bonds. The fraction of sp³-hybridized carbons (Fsp3) is 0.174. The van der Waals surface area contributed by atoms with Gasteiger partial charge in [-0.25, -0.2) is 0 Å². The highest BCUT2D eigenvalue weighted by molar-refractivity contribution is 8.00. The summed E-state index contributed by atoms with van der Waals surface area (Å²) in [5.74, 6) is 1.27.